The maximum atomic E-state index is 10.5. The van der Waals surface area contributed by atoms with Crippen LogP contribution < -0.4 is 0 Å². The molecule has 0 fully saturated rings. The third kappa shape index (κ3) is 12.7. The highest BCUT2D eigenvalue weighted by molar-refractivity contribution is 5.66. The molecular formula is C14H28O7. The van der Waals surface area contributed by atoms with E-state index >= 15 is 0 Å². The number of carbonyl (C=O) groups is 1. The first-order chi connectivity index (χ1) is 9.70. The van der Waals surface area contributed by atoms with Crippen LogP contribution >= 0.6 is 0 Å². The van der Waals surface area contributed by atoms with Gasteiger partial charge >= 0.3 is 5.97 Å². The molecule has 21 heavy (non-hydrogen) atoms. The number of ether oxygens (including phenoxy) is 1. The molecule has 0 heterocycles. The van der Waals surface area contributed by atoms with E-state index in [0.717, 1.165) is 0 Å². The zero-order valence-corrected chi connectivity index (χ0v) is 12.7. The van der Waals surface area contributed by atoms with Gasteiger partial charge in [-0.05, 0) is 39.5 Å². The number of hydrogen-bond donors (Lipinski definition) is 5. The van der Waals surface area contributed by atoms with Crippen LogP contribution in [-0.2, 0) is 9.53 Å². The topological polar surface area (TPSA) is 127 Å². The van der Waals surface area contributed by atoms with Gasteiger partial charge in [0.2, 0.25) is 0 Å². The molecule has 0 aliphatic heterocycles. The highest BCUT2D eigenvalue weighted by atomic mass is 16.5. The first kappa shape index (κ1) is 20.3. The molecule has 0 rings (SSSR count). The Labute approximate surface area is 125 Å². The summed E-state index contributed by atoms with van der Waals surface area (Å²) in [6.07, 6.45) is -2.80. The fourth-order valence-electron chi connectivity index (χ4n) is 2.13. The van der Waals surface area contributed by atoms with Crippen LogP contribution in [0.4, 0.5) is 0 Å². The summed E-state index contributed by atoms with van der Waals surface area (Å²) in [5.74, 6) is -0.984. The van der Waals surface area contributed by atoms with Gasteiger partial charge in [0.05, 0.1) is 43.5 Å². The Balaban J connectivity index is 4.34. The van der Waals surface area contributed by atoms with Gasteiger partial charge in [0.25, 0.3) is 0 Å². The van der Waals surface area contributed by atoms with E-state index in [9.17, 15) is 25.2 Å². The summed E-state index contributed by atoms with van der Waals surface area (Å²) in [4.78, 5) is 10.5. The van der Waals surface area contributed by atoms with Crippen LogP contribution in [0.5, 0.6) is 0 Å². The summed E-state index contributed by atoms with van der Waals surface area (Å²) < 4.78 is 5.39. The first-order valence-corrected chi connectivity index (χ1v) is 7.26. The second-order valence-corrected chi connectivity index (χ2v) is 5.59. The van der Waals surface area contributed by atoms with Gasteiger partial charge in [-0.15, -0.1) is 0 Å². The molecule has 0 spiro atoms. The van der Waals surface area contributed by atoms with Gasteiger partial charge in [-0.2, -0.15) is 0 Å². The zero-order valence-electron chi connectivity index (χ0n) is 12.7. The van der Waals surface area contributed by atoms with Gasteiger partial charge < -0.3 is 30.3 Å². The number of aliphatic hydroxyl groups is 4. The van der Waals surface area contributed by atoms with E-state index in [-0.39, 0.29) is 38.7 Å². The second kappa shape index (κ2) is 10.9. The number of aliphatic hydroxyl groups excluding tert-OH is 4. The molecule has 7 nitrogen and oxygen atoms in total. The van der Waals surface area contributed by atoms with E-state index in [0.29, 0.717) is 0 Å². The third-order valence-electron chi connectivity index (χ3n) is 2.97. The number of aliphatic carboxylic acids is 1. The lowest BCUT2D eigenvalue weighted by Crippen LogP contribution is -2.29. The van der Waals surface area contributed by atoms with Crippen LogP contribution in [0.25, 0.3) is 0 Å². The zero-order chi connectivity index (χ0) is 16.4. The van der Waals surface area contributed by atoms with Crippen molar-refractivity contribution in [2.24, 2.45) is 0 Å². The summed E-state index contributed by atoms with van der Waals surface area (Å²) >= 11 is 0. The quantitative estimate of drug-likeness (QED) is 0.340. The van der Waals surface area contributed by atoms with Crippen molar-refractivity contribution < 1.29 is 35.1 Å². The maximum absolute atomic E-state index is 10.5. The summed E-state index contributed by atoms with van der Waals surface area (Å²) in [6.45, 7) is 3.11. The molecule has 5 N–H and O–H groups in total. The average Bonchev–Trinajstić information content (AvgIpc) is 2.25. The van der Waals surface area contributed by atoms with E-state index in [2.05, 4.69) is 0 Å². The number of hydrogen-bond acceptors (Lipinski definition) is 6. The maximum Gasteiger partial charge on any atom is 0.305 e. The number of carboxylic acids is 1. The predicted octanol–water partition coefficient (Wildman–Crippen LogP) is -0.110. The predicted molar refractivity (Wildman–Crippen MR) is 75.8 cm³/mol. The third-order valence-corrected chi connectivity index (χ3v) is 2.97. The molecule has 0 aromatic rings. The molecule has 0 aromatic carbocycles. The fraction of sp³-hybridized carbons (Fsp3) is 0.929. The van der Waals surface area contributed by atoms with Crippen molar-refractivity contribution in [1.29, 1.82) is 0 Å². The van der Waals surface area contributed by atoms with Crippen molar-refractivity contribution in [1.82, 2.24) is 0 Å². The molecule has 126 valence electrons. The normalized spacial score (nSPS) is 18.8. The smallest absolute Gasteiger partial charge is 0.305 e. The van der Waals surface area contributed by atoms with Crippen LogP contribution in [-0.4, -0.2) is 68.6 Å². The minimum absolute atomic E-state index is 0.0111. The molecule has 0 saturated carbocycles. The lowest BCUT2D eigenvalue weighted by atomic mass is 9.99. The molecule has 0 amide bonds. The molecule has 0 aliphatic rings. The standard InChI is InChI=1S/C14H28O7/c1-9(15)5-11(17)7-13(21-4-3-14(19)20)8-12(18)6-10(2)16/h9-13,15-18H,3-8H2,1-2H3,(H,19,20). The monoisotopic (exact) mass is 308 g/mol. The van der Waals surface area contributed by atoms with Crippen molar-refractivity contribution in [2.75, 3.05) is 6.61 Å². The minimum atomic E-state index is -0.984. The van der Waals surface area contributed by atoms with E-state index < -0.39 is 36.5 Å². The Bertz CT molecular complexity index is 262. The van der Waals surface area contributed by atoms with Crippen LogP contribution in [0.3, 0.4) is 0 Å². The number of carboxylic acid groups (broad SMARTS) is 1. The summed E-state index contributed by atoms with van der Waals surface area (Å²) in [5, 5.41) is 46.6. The minimum Gasteiger partial charge on any atom is -0.481 e. The van der Waals surface area contributed by atoms with Crippen molar-refractivity contribution in [2.45, 2.75) is 76.5 Å². The van der Waals surface area contributed by atoms with Gasteiger partial charge in [0.1, 0.15) is 0 Å². The SMILES string of the molecule is CC(O)CC(O)CC(CC(O)CC(C)O)OCCC(=O)O. The summed E-state index contributed by atoms with van der Waals surface area (Å²) in [7, 11) is 0. The van der Waals surface area contributed by atoms with Crippen molar-refractivity contribution in [3.63, 3.8) is 0 Å². The van der Waals surface area contributed by atoms with Crippen LogP contribution in [0, 0.1) is 0 Å². The van der Waals surface area contributed by atoms with E-state index in [1.165, 1.54) is 0 Å². The van der Waals surface area contributed by atoms with Gasteiger partial charge in [0.15, 0.2) is 0 Å². The Morgan fingerprint density at radius 2 is 1.33 bits per heavy atom. The highest BCUT2D eigenvalue weighted by Crippen LogP contribution is 2.16. The molecule has 7 heteroatoms. The summed E-state index contributed by atoms with van der Waals surface area (Å²) in [6, 6.07) is 0. The van der Waals surface area contributed by atoms with E-state index in [1.807, 2.05) is 0 Å². The van der Waals surface area contributed by atoms with Crippen molar-refractivity contribution >= 4 is 5.97 Å². The van der Waals surface area contributed by atoms with Gasteiger partial charge in [-0.1, -0.05) is 0 Å². The van der Waals surface area contributed by atoms with E-state index in [1.54, 1.807) is 13.8 Å². The largest absolute Gasteiger partial charge is 0.481 e. The lowest BCUT2D eigenvalue weighted by molar-refractivity contribution is -0.139. The van der Waals surface area contributed by atoms with Crippen molar-refractivity contribution in [3.8, 4) is 0 Å². The highest BCUT2D eigenvalue weighted by Gasteiger charge is 2.21. The molecule has 0 saturated heterocycles. The number of rotatable bonds is 12. The van der Waals surface area contributed by atoms with Gasteiger partial charge in [0, 0.05) is 0 Å². The van der Waals surface area contributed by atoms with Gasteiger partial charge in [-0.3, -0.25) is 4.79 Å². The Kier molecular flexibility index (Phi) is 10.5. The van der Waals surface area contributed by atoms with Crippen LogP contribution in [0.15, 0.2) is 0 Å². The molecule has 4 atom stereocenters. The Morgan fingerprint density at radius 3 is 1.67 bits per heavy atom. The first-order valence-electron chi connectivity index (χ1n) is 7.26. The molecule has 0 bridgehead atoms. The Morgan fingerprint density at radius 1 is 0.905 bits per heavy atom. The Hall–Kier alpha value is -0.730. The average molecular weight is 308 g/mol. The second-order valence-electron chi connectivity index (χ2n) is 5.59. The molecule has 4 unspecified atom stereocenters. The molecule has 0 radical (unpaired) electrons. The van der Waals surface area contributed by atoms with Crippen molar-refractivity contribution in [3.05, 3.63) is 0 Å². The summed E-state index contributed by atoms with van der Waals surface area (Å²) in [5.41, 5.74) is 0. The van der Waals surface area contributed by atoms with Crippen LogP contribution in [0.2, 0.25) is 0 Å². The van der Waals surface area contributed by atoms with Crippen LogP contribution in [0.1, 0.15) is 46.0 Å². The fourth-order valence-corrected chi connectivity index (χ4v) is 2.13. The van der Waals surface area contributed by atoms with Gasteiger partial charge in [-0.25, -0.2) is 0 Å². The molecular weight excluding hydrogens is 280 g/mol. The van der Waals surface area contributed by atoms with E-state index in [4.69, 9.17) is 9.84 Å². The molecule has 0 aromatic heterocycles. The lowest BCUT2D eigenvalue weighted by Gasteiger charge is -2.24. The molecule has 0 aliphatic carbocycles.